The summed E-state index contributed by atoms with van der Waals surface area (Å²) in [6.07, 6.45) is 1.49. The molecule has 0 bridgehead atoms. The van der Waals surface area contributed by atoms with Crippen molar-refractivity contribution in [1.29, 1.82) is 0 Å². The molecule has 0 aliphatic rings. The summed E-state index contributed by atoms with van der Waals surface area (Å²) in [6.45, 7) is 6.11. The number of carbonyl (C=O) groups is 1. The Morgan fingerprint density at radius 1 is 1.47 bits per heavy atom. The van der Waals surface area contributed by atoms with Crippen molar-refractivity contribution in [3.63, 3.8) is 0 Å². The number of rotatable bonds is 4. The average Bonchev–Trinajstić information content (AvgIpc) is 2.17. The molecule has 0 saturated carbocycles. The number of benzene rings is 1. The number of ether oxygens (including phenoxy) is 1. The van der Waals surface area contributed by atoms with Crippen molar-refractivity contribution in [2.24, 2.45) is 5.92 Å². The molecule has 0 aliphatic carbocycles. The maximum atomic E-state index is 11.5. The molecule has 0 saturated heterocycles. The van der Waals surface area contributed by atoms with E-state index < -0.39 is 0 Å². The molecule has 2 nitrogen and oxygen atoms in total. The van der Waals surface area contributed by atoms with Gasteiger partial charge < -0.3 is 4.74 Å². The minimum absolute atomic E-state index is 0.144. The van der Waals surface area contributed by atoms with Gasteiger partial charge in [-0.2, -0.15) is 0 Å². The second-order valence-corrected chi connectivity index (χ2v) is 4.01. The monoisotopic (exact) mass is 206 g/mol. The van der Waals surface area contributed by atoms with Gasteiger partial charge in [0.2, 0.25) is 0 Å². The molecule has 1 aromatic rings. The summed E-state index contributed by atoms with van der Waals surface area (Å²) >= 11 is 0. The van der Waals surface area contributed by atoms with Gasteiger partial charge in [-0.1, -0.05) is 32.4 Å². The lowest BCUT2D eigenvalue weighted by Gasteiger charge is -2.08. The molecule has 0 aromatic heterocycles. The normalized spacial score (nSPS) is 12.2. The standard InChI is InChI=1S/C13H18O2/c1-4-10(2)9-13(14)15-12-7-5-6-11(3)8-12/h5-8,10H,4,9H2,1-3H3. The van der Waals surface area contributed by atoms with Gasteiger partial charge in [0.1, 0.15) is 5.75 Å². The second-order valence-electron chi connectivity index (χ2n) is 4.01. The number of hydrogen-bond donors (Lipinski definition) is 0. The Bertz CT molecular complexity index is 331. The third-order valence-corrected chi connectivity index (χ3v) is 2.43. The van der Waals surface area contributed by atoms with Crippen LogP contribution in [-0.4, -0.2) is 5.97 Å². The van der Waals surface area contributed by atoms with Crippen molar-refractivity contribution in [1.82, 2.24) is 0 Å². The maximum Gasteiger partial charge on any atom is 0.311 e. The van der Waals surface area contributed by atoms with Crippen LogP contribution in [0.3, 0.4) is 0 Å². The zero-order valence-electron chi connectivity index (χ0n) is 9.62. The van der Waals surface area contributed by atoms with Gasteiger partial charge in [0.15, 0.2) is 0 Å². The van der Waals surface area contributed by atoms with Crippen LogP contribution >= 0.6 is 0 Å². The summed E-state index contributed by atoms with van der Waals surface area (Å²) in [5.41, 5.74) is 1.10. The van der Waals surface area contributed by atoms with E-state index in [2.05, 4.69) is 13.8 Å². The Morgan fingerprint density at radius 2 is 2.20 bits per heavy atom. The number of hydrogen-bond acceptors (Lipinski definition) is 2. The first kappa shape index (κ1) is 11.8. The fourth-order valence-electron chi connectivity index (χ4n) is 1.28. The molecule has 2 heteroatoms. The molecule has 1 rings (SSSR count). The lowest BCUT2D eigenvalue weighted by Crippen LogP contribution is -2.11. The Kier molecular flexibility index (Phi) is 4.35. The van der Waals surface area contributed by atoms with Crippen LogP contribution in [0, 0.1) is 12.8 Å². The molecule has 0 radical (unpaired) electrons. The summed E-state index contributed by atoms with van der Waals surface area (Å²) in [5.74, 6) is 0.889. The van der Waals surface area contributed by atoms with Crippen LogP contribution in [0.25, 0.3) is 0 Å². The molecular weight excluding hydrogens is 188 g/mol. The molecule has 0 aliphatic heterocycles. The van der Waals surface area contributed by atoms with E-state index in [1.165, 1.54) is 0 Å². The minimum Gasteiger partial charge on any atom is -0.427 e. The molecule has 0 fully saturated rings. The predicted octanol–water partition coefficient (Wildman–Crippen LogP) is 3.34. The minimum atomic E-state index is -0.144. The van der Waals surface area contributed by atoms with Gasteiger partial charge in [-0.3, -0.25) is 4.79 Å². The van der Waals surface area contributed by atoms with Gasteiger partial charge in [0.25, 0.3) is 0 Å². The highest BCUT2D eigenvalue weighted by Crippen LogP contribution is 2.15. The topological polar surface area (TPSA) is 26.3 Å². The quantitative estimate of drug-likeness (QED) is 0.558. The molecule has 0 spiro atoms. The van der Waals surface area contributed by atoms with Crippen LogP contribution in [0.4, 0.5) is 0 Å². The van der Waals surface area contributed by atoms with Crippen LogP contribution in [-0.2, 0) is 4.79 Å². The number of aryl methyl sites for hydroxylation is 1. The lowest BCUT2D eigenvalue weighted by molar-refractivity contribution is -0.135. The third kappa shape index (κ3) is 4.15. The summed E-state index contributed by atoms with van der Waals surface area (Å²) < 4.78 is 5.23. The van der Waals surface area contributed by atoms with Crippen molar-refractivity contribution < 1.29 is 9.53 Å². The van der Waals surface area contributed by atoms with E-state index >= 15 is 0 Å². The van der Waals surface area contributed by atoms with Crippen LogP contribution in [0.5, 0.6) is 5.75 Å². The van der Waals surface area contributed by atoms with E-state index in [1.54, 1.807) is 0 Å². The summed E-state index contributed by atoms with van der Waals surface area (Å²) in [5, 5.41) is 0. The Morgan fingerprint density at radius 3 is 2.80 bits per heavy atom. The van der Waals surface area contributed by atoms with Crippen LogP contribution in [0.2, 0.25) is 0 Å². The van der Waals surface area contributed by atoms with E-state index in [0.717, 1.165) is 12.0 Å². The molecule has 0 heterocycles. The van der Waals surface area contributed by atoms with E-state index in [-0.39, 0.29) is 5.97 Å². The van der Waals surface area contributed by atoms with E-state index in [1.807, 2.05) is 31.2 Å². The molecule has 1 atom stereocenters. The average molecular weight is 206 g/mol. The summed E-state index contributed by atoms with van der Waals surface area (Å²) in [7, 11) is 0. The zero-order chi connectivity index (χ0) is 11.3. The van der Waals surface area contributed by atoms with Crippen molar-refractivity contribution in [2.45, 2.75) is 33.6 Å². The third-order valence-electron chi connectivity index (χ3n) is 2.43. The van der Waals surface area contributed by atoms with Gasteiger partial charge >= 0.3 is 5.97 Å². The second kappa shape index (κ2) is 5.54. The Balaban J connectivity index is 2.51. The number of esters is 1. The van der Waals surface area contributed by atoms with Gasteiger partial charge in [0.05, 0.1) is 0 Å². The molecular formula is C13H18O2. The van der Waals surface area contributed by atoms with E-state index in [4.69, 9.17) is 4.74 Å². The van der Waals surface area contributed by atoms with Crippen molar-refractivity contribution in [3.05, 3.63) is 29.8 Å². The van der Waals surface area contributed by atoms with Crippen molar-refractivity contribution in [3.8, 4) is 5.75 Å². The fraction of sp³-hybridized carbons (Fsp3) is 0.462. The Labute approximate surface area is 91.3 Å². The summed E-state index contributed by atoms with van der Waals surface area (Å²) in [4.78, 5) is 11.5. The molecule has 1 aromatic carbocycles. The fourth-order valence-corrected chi connectivity index (χ4v) is 1.28. The highest BCUT2D eigenvalue weighted by atomic mass is 16.5. The van der Waals surface area contributed by atoms with Crippen molar-refractivity contribution >= 4 is 5.97 Å². The van der Waals surface area contributed by atoms with Crippen LogP contribution < -0.4 is 4.74 Å². The molecule has 15 heavy (non-hydrogen) atoms. The molecule has 82 valence electrons. The Hall–Kier alpha value is -1.31. The van der Waals surface area contributed by atoms with E-state index in [0.29, 0.717) is 18.1 Å². The zero-order valence-corrected chi connectivity index (χ0v) is 9.62. The predicted molar refractivity (Wildman–Crippen MR) is 60.9 cm³/mol. The largest absolute Gasteiger partial charge is 0.427 e. The first-order valence-corrected chi connectivity index (χ1v) is 5.39. The van der Waals surface area contributed by atoms with Crippen LogP contribution in [0.1, 0.15) is 32.3 Å². The molecule has 0 N–H and O–H groups in total. The van der Waals surface area contributed by atoms with Gasteiger partial charge in [0, 0.05) is 6.42 Å². The molecule has 1 unspecified atom stereocenters. The van der Waals surface area contributed by atoms with E-state index in [9.17, 15) is 4.79 Å². The van der Waals surface area contributed by atoms with Crippen LogP contribution in [0.15, 0.2) is 24.3 Å². The molecule has 0 amide bonds. The van der Waals surface area contributed by atoms with Gasteiger partial charge in [-0.15, -0.1) is 0 Å². The highest BCUT2D eigenvalue weighted by molar-refractivity contribution is 5.72. The summed E-state index contributed by atoms with van der Waals surface area (Å²) in [6, 6.07) is 7.54. The first-order valence-electron chi connectivity index (χ1n) is 5.39. The first-order chi connectivity index (χ1) is 7.11. The van der Waals surface area contributed by atoms with Crippen molar-refractivity contribution in [2.75, 3.05) is 0 Å². The van der Waals surface area contributed by atoms with Gasteiger partial charge in [-0.25, -0.2) is 0 Å². The SMILES string of the molecule is CCC(C)CC(=O)Oc1cccc(C)c1. The lowest BCUT2D eigenvalue weighted by atomic mass is 10.1. The maximum absolute atomic E-state index is 11.5. The highest BCUT2D eigenvalue weighted by Gasteiger charge is 2.09. The smallest absolute Gasteiger partial charge is 0.311 e. The van der Waals surface area contributed by atoms with Gasteiger partial charge in [-0.05, 0) is 30.5 Å². The number of carbonyl (C=O) groups excluding carboxylic acids is 1.